The van der Waals surface area contributed by atoms with E-state index < -0.39 is 0 Å². The molecule has 7 nitrogen and oxygen atoms in total. The van der Waals surface area contributed by atoms with Gasteiger partial charge in [-0.25, -0.2) is 4.68 Å². The molecule has 10 heteroatoms. The van der Waals surface area contributed by atoms with Crippen LogP contribution < -0.4 is 5.84 Å². The number of thioether (sulfide) groups is 1. The number of nitrogen functional groups attached to an aromatic ring is 1. The highest BCUT2D eigenvalue weighted by atomic mass is 35.5. The Labute approximate surface area is 168 Å². The number of rotatable bonds is 5. The SMILES string of the molecule is Nn1c(SCc2noc(-c3ccccc3Cl)n2)nnc1-c1ccccc1Cl. The maximum absolute atomic E-state index is 6.20. The van der Waals surface area contributed by atoms with Gasteiger partial charge in [0.05, 0.1) is 21.4 Å². The van der Waals surface area contributed by atoms with Gasteiger partial charge in [-0.1, -0.05) is 64.4 Å². The van der Waals surface area contributed by atoms with Crippen LogP contribution in [0.1, 0.15) is 5.82 Å². The van der Waals surface area contributed by atoms with Crippen molar-refractivity contribution in [1.29, 1.82) is 0 Å². The zero-order valence-corrected chi connectivity index (χ0v) is 16.0. The molecule has 0 aliphatic rings. The second kappa shape index (κ2) is 7.59. The molecule has 136 valence electrons. The minimum absolute atomic E-state index is 0.363. The van der Waals surface area contributed by atoms with Crippen LogP contribution in [0.25, 0.3) is 22.8 Å². The Morgan fingerprint density at radius 3 is 2.33 bits per heavy atom. The van der Waals surface area contributed by atoms with Gasteiger partial charge >= 0.3 is 0 Å². The highest BCUT2D eigenvalue weighted by molar-refractivity contribution is 7.98. The predicted octanol–water partition coefficient (Wildman–Crippen LogP) is 4.31. The number of nitrogens with two attached hydrogens (primary N) is 1. The first kappa shape index (κ1) is 17.8. The summed E-state index contributed by atoms with van der Waals surface area (Å²) in [5.41, 5.74) is 1.40. The summed E-state index contributed by atoms with van der Waals surface area (Å²) in [7, 11) is 0. The Bertz CT molecular complexity index is 1100. The van der Waals surface area contributed by atoms with Crippen LogP contribution in [-0.2, 0) is 5.75 Å². The third-order valence-corrected chi connectivity index (χ3v) is 5.28. The molecule has 0 aliphatic carbocycles. The molecule has 27 heavy (non-hydrogen) atoms. The summed E-state index contributed by atoms with van der Waals surface area (Å²) in [5, 5.41) is 13.8. The van der Waals surface area contributed by atoms with Crippen molar-refractivity contribution in [1.82, 2.24) is 25.0 Å². The Kier molecular flexibility index (Phi) is 5.02. The van der Waals surface area contributed by atoms with Gasteiger partial charge in [0.2, 0.25) is 5.16 Å². The third kappa shape index (κ3) is 3.64. The van der Waals surface area contributed by atoms with Gasteiger partial charge in [0.1, 0.15) is 0 Å². The number of nitrogens with zero attached hydrogens (tertiary/aromatic N) is 5. The van der Waals surface area contributed by atoms with E-state index in [-0.39, 0.29) is 0 Å². The van der Waals surface area contributed by atoms with Gasteiger partial charge in [0.25, 0.3) is 5.89 Å². The maximum atomic E-state index is 6.20. The molecule has 4 rings (SSSR count). The molecule has 0 amide bonds. The molecule has 2 N–H and O–H groups in total. The van der Waals surface area contributed by atoms with Crippen LogP contribution >= 0.6 is 35.0 Å². The fourth-order valence-electron chi connectivity index (χ4n) is 2.39. The Morgan fingerprint density at radius 2 is 1.63 bits per heavy atom. The first-order chi connectivity index (χ1) is 13.1. The minimum atomic E-state index is 0.363. The largest absolute Gasteiger partial charge is 0.335 e. The van der Waals surface area contributed by atoms with Gasteiger partial charge in [0.15, 0.2) is 11.6 Å². The summed E-state index contributed by atoms with van der Waals surface area (Å²) in [4.78, 5) is 4.36. The summed E-state index contributed by atoms with van der Waals surface area (Å²) < 4.78 is 6.68. The Hall–Kier alpha value is -2.55. The van der Waals surface area contributed by atoms with E-state index in [2.05, 4.69) is 20.3 Å². The predicted molar refractivity (Wildman–Crippen MR) is 105 cm³/mol. The zero-order valence-electron chi connectivity index (χ0n) is 13.7. The summed E-state index contributed by atoms with van der Waals surface area (Å²) in [6, 6.07) is 14.6. The van der Waals surface area contributed by atoms with Crippen LogP contribution in [0.5, 0.6) is 0 Å². The summed E-state index contributed by atoms with van der Waals surface area (Å²) in [6.07, 6.45) is 0. The van der Waals surface area contributed by atoms with Crippen molar-refractivity contribution < 1.29 is 4.52 Å². The molecule has 0 bridgehead atoms. The quantitative estimate of drug-likeness (QED) is 0.380. The summed E-state index contributed by atoms with van der Waals surface area (Å²) in [5.74, 6) is 7.86. The molecule has 0 spiro atoms. The number of benzene rings is 2. The molecule has 2 heterocycles. The average Bonchev–Trinajstić information content (AvgIpc) is 3.28. The first-order valence-corrected chi connectivity index (χ1v) is 9.53. The molecule has 0 fully saturated rings. The van der Waals surface area contributed by atoms with Crippen molar-refractivity contribution in [3.8, 4) is 22.8 Å². The van der Waals surface area contributed by atoms with Crippen molar-refractivity contribution in [3.63, 3.8) is 0 Å². The van der Waals surface area contributed by atoms with E-state index in [1.54, 1.807) is 12.1 Å². The van der Waals surface area contributed by atoms with Gasteiger partial charge in [-0.15, -0.1) is 10.2 Å². The van der Waals surface area contributed by atoms with E-state index in [1.165, 1.54) is 16.4 Å². The van der Waals surface area contributed by atoms with E-state index >= 15 is 0 Å². The van der Waals surface area contributed by atoms with Crippen LogP contribution in [0.2, 0.25) is 10.0 Å². The van der Waals surface area contributed by atoms with Crippen LogP contribution in [0.3, 0.4) is 0 Å². The van der Waals surface area contributed by atoms with Crippen molar-refractivity contribution in [3.05, 3.63) is 64.4 Å². The summed E-state index contributed by atoms with van der Waals surface area (Å²) in [6.45, 7) is 0. The molecule has 0 saturated carbocycles. The van der Waals surface area contributed by atoms with Crippen molar-refractivity contribution in [2.24, 2.45) is 0 Å². The number of halogens is 2. The van der Waals surface area contributed by atoms with Crippen molar-refractivity contribution >= 4 is 35.0 Å². The second-order valence-electron chi connectivity index (χ2n) is 5.44. The van der Waals surface area contributed by atoms with Crippen LogP contribution in [0.15, 0.2) is 58.2 Å². The van der Waals surface area contributed by atoms with Crippen molar-refractivity contribution in [2.45, 2.75) is 10.9 Å². The highest BCUT2D eigenvalue weighted by Crippen LogP contribution is 2.29. The first-order valence-electron chi connectivity index (χ1n) is 7.79. The molecule has 0 atom stereocenters. The van der Waals surface area contributed by atoms with E-state index in [0.29, 0.717) is 49.6 Å². The van der Waals surface area contributed by atoms with Crippen LogP contribution in [0.4, 0.5) is 0 Å². The standard InChI is InChI=1S/C17H12Cl2N6OS/c18-12-7-3-1-5-10(12)15-22-23-17(25(15)20)27-9-14-21-16(26-24-14)11-6-2-4-8-13(11)19/h1-8H,9,20H2. The van der Waals surface area contributed by atoms with E-state index in [1.807, 2.05) is 36.4 Å². The highest BCUT2D eigenvalue weighted by Gasteiger charge is 2.16. The monoisotopic (exact) mass is 418 g/mol. The lowest BCUT2D eigenvalue weighted by Gasteiger charge is -2.04. The van der Waals surface area contributed by atoms with Gasteiger partial charge in [-0.05, 0) is 24.3 Å². The van der Waals surface area contributed by atoms with E-state index in [9.17, 15) is 0 Å². The van der Waals surface area contributed by atoms with Crippen LogP contribution in [0, 0.1) is 0 Å². The van der Waals surface area contributed by atoms with Gasteiger partial charge in [-0.3, -0.25) is 0 Å². The van der Waals surface area contributed by atoms with Gasteiger partial charge in [0, 0.05) is 5.56 Å². The molecule has 0 saturated heterocycles. The fourth-order valence-corrected chi connectivity index (χ4v) is 3.52. The van der Waals surface area contributed by atoms with E-state index in [0.717, 1.165) is 0 Å². The lowest BCUT2D eigenvalue weighted by atomic mass is 10.2. The second-order valence-corrected chi connectivity index (χ2v) is 7.20. The Morgan fingerprint density at radius 1 is 0.963 bits per heavy atom. The zero-order chi connectivity index (χ0) is 18.8. The summed E-state index contributed by atoms with van der Waals surface area (Å²) >= 11 is 13.7. The Balaban J connectivity index is 1.51. The van der Waals surface area contributed by atoms with Gasteiger partial charge < -0.3 is 10.4 Å². The number of hydrogen-bond donors (Lipinski definition) is 1. The van der Waals surface area contributed by atoms with E-state index in [4.69, 9.17) is 33.6 Å². The normalized spacial score (nSPS) is 11.0. The average molecular weight is 419 g/mol. The molecular weight excluding hydrogens is 407 g/mol. The molecule has 4 aromatic rings. The molecule has 0 radical (unpaired) electrons. The molecule has 2 aromatic carbocycles. The molecule has 0 unspecified atom stereocenters. The molecule has 2 aromatic heterocycles. The van der Waals surface area contributed by atoms with Crippen LogP contribution in [-0.4, -0.2) is 25.0 Å². The third-order valence-electron chi connectivity index (χ3n) is 3.68. The topological polar surface area (TPSA) is 95.7 Å². The molecular formula is C17H12Cl2N6OS. The maximum Gasteiger partial charge on any atom is 0.259 e. The van der Waals surface area contributed by atoms with Gasteiger partial charge in [-0.2, -0.15) is 4.98 Å². The molecule has 0 aliphatic heterocycles. The number of hydrogen-bond acceptors (Lipinski definition) is 7. The smallest absolute Gasteiger partial charge is 0.259 e. The lowest BCUT2D eigenvalue weighted by molar-refractivity contribution is 0.425. The van der Waals surface area contributed by atoms with Crippen molar-refractivity contribution in [2.75, 3.05) is 5.84 Å². The number of aromatic nitrogens is 5. The fraction of sp³-hybridized carbons (Fsp3) is 0.0588. The lowest BCUT2D eigenvalue weighted by Crippen LogP contribution is -2.11. The minimum Gasteiger partial charge on any atom is -0.335 e.